The highest BCUT2D eigenvalue weighted by Crippen LogP contribution is 2.06. The van der Waals surface area contributed by atoms with Crippen molar-refractivity contribution >= 4 is 17.9 Å². The van der Waals surface area contributed by atoms with Crippen LogP contribution in [0.4, 0.5) is 4.79 Å². The van der Waals surface area contributed by atoms with E-state index in [1.807, 2.05) is 20.8 Å². The average Bonchev–Trinajstić information content (AvgIpc) is 2.22. The molecule has 0 saturated carbocycles. The number of hydrogen-bond acceptors (Lipinski definition) is 3. The maximum absolute atomic E-state index is 11.6. The monoisotopic (exact) mass is 259 g/mol. The number of carboxylic acid groups (broad SMARTS) is 1. The number of carboxylic acids is 1. The number of urea groups is 1. The summed E-state index contributed by atoms with van der Waals surface area (Å²) in [5, 5.41) is 13.9. The summed E-state index contributed by atoms with van der Waals surface area (Å²) in [6, 6.07) is -1.69. The van der Waals surface area contributed by atoms with Crippen molar-refractivity contribution in [3.05, 3.63) is 0 Å². The van der Waals surface area contributed by atoms with Crippen LogP contribution in [0.3, 0.4) is 0 Å². The summed E-state index contributed by atoms with van der Waals surface area (Å²) < 4.78 is 0. The first-order chi connectivity index (χ1) is 8.18. The fourth-order valence-corrected chi connectivity index (χ4v) is 1.13. The minimum Gasteiger partial charge on any atom is -0.480 e. The van der Waals surface area contributed by atoms with Crippen LogP contribution < -0.4 is 16.4 Å². The van der Waals surface area contributed by atoms with E-state index < -0.39 is 29.5 Å². The summed E-state index contributed by atoms with van der Waals surface area (Å²) in [6.45, 7) is 5.56. The number of nitrogens with one attached hydrogen (secondary N) is 2. The van der Waals surface area contributed by atoms with Crippen LogP contribution in [0.5, 0.6) is 0 Å². The quantitative estimate of drug-likeness (QED) is 0.521. The molecule has 0 aliphatic rings. The van der Waals surface area contributed by atoms with Gasteiger partial charge in [0, 0.05) is 12.0 Å². The van der Waals surface area contributed by atoms with Gasteiger partial charge in [-0.3, -0.25) is 4.79 Å². The second-order valence-corrected chi connectivity index (χ2v) is 4.73. The van der Waals surface area contributed by atoms with Crippen LogP contribution in [-0.2, 0) is 9.59 Å². The Morgan fingerprint density at radius 2 is 1.89 bits per heavy atom. The van der Waals surface area contributed by atoms with Crippen molar-refractivity contribution in [1.29, 1.82) is 0 Å². The Morgan fingerprint density at radius 3 is 2.28 bits per heavy atom. The second kappa shape index (κ2) is 6.83. The van der Waals surface area contributed by atoms with Gasteiger partial charge in [0.15, 0.2) is 0 Å². The molecule has 0 aromatic carbocycles. The molecule has 1 unspecified atom stereocenters. The van der Waals surface area contributed by atoms with Crippen molar-refractivity contribution in [2.75, 3.05) is 0 Å². The first-order valence-electron chi connectivity index (χ1n) is 5.77. The third-order valence-corrected chi connectivity index (χ3v) is 2.62. The fourth-order valence-electron chi connectivity index (χ4n) is 1.13. The van der Waals surface area contributed by atoms with Crippen molar-refractivity contribution in [3.63, 3.8) is 0 Å². The lowest BCUT2D eigenvalue weighted by Gasteiger charge is -2.25. The van der Waals surface area contributed by atoms with E-state index in [0.29, 0.717) is 6.42 Å². The summed E-state index contributed by atoms with van der Waals surface area (Å²) in [6.07, 6.45) is 0.596. The highest BCUT2D eigenvalue weighted by Gasteiger charge is 2.23. The molecule has 0 spiro atoms. The Labute approximate surface area is 106 Å². The van der Waals surface area contributed by atoms with Crippen LogP contribution in [0, 0.1) is 0 Å². The van der Waals surface area contributed by atoms with Crippen molar-refractivity contribution in [1.82, 2.24) is 10.6 Å². The van der Waals surface area contributed by atoms with Gasteiger partial charge in [0.2, 0.25) is 5.91 Å². The zero-order valence-electron chi connectivity index (χ0n) is 10.9. The average molecular weight is 259 g/mol. The standard InChI is InChI=1S/C11H21N3O4/c1-4-11(2,3)14-10(18)13-7(9(16)17)5-6-8(12)15/h7H,4-6H2,1-3H3,(H2,12,15)(H,16,17)(H2,13,14,18). The predicted molar refractivity (Wildman–Crippen MR) is 65.9 cm³/mol. The van der Waals surface area contributed by atoms with E-state index in [-0.39, 0.29) is 12.8 Å². The molecule has 3 amide bonds. The fraction of sp³-hybridized carbons (Fsp3) is 0.727. The van der Waals surface area contributed by atoms with E-state index >= 15 is 0 Å². The van der Waals surface area contributed by atoms with Gasteiger partial charge in [-0.2, -0.15) is 0 Å². The van der Waals surface area contributed by atoms with Gasteiger partial charge in [0.1, 0.15) is 6.04 Å². The minimum absolute atomic E-state index is 0.0232. The Hall–Kier alpha value is -1.79. The number of primary amides is 1. The van der Waals surface area contributed by atoms with E-state index in [2.05, 4.69) is 10.6 Å². The van der Waals surface area contributed by atoms with E-state index in [0.717, 1.165) is 0 Å². The van der Waals surface area contributed by atoms with Gasteiger partial charge in [0.25, 0.3) is 0 Å². The molecular weight excluding hydrogens is 238 g/mol. The molecule has 0 aliphatic heterocycles. The van der Waals surface area contributed by atoms with Crippen LogP contribution in [0.15, 0.2) is 0 Å². The van der Waals surface area contributed by atoms with Crippen LogP contribution in [-0.4, -0.2) is 34.6 Å². The molecule has 0 aromatic heterocycles. The summed E-state index contributed by atoms with van der Waals surface area (Å²) >= 11 is 0. The van der Waals surface area contributed by atoms with Crippen LogP contribution in [0.25, 0.3) is 0 Å². The summed E-state index contributed by atoms with van der Waals surface area (Å²) in [5.41, 5.74) is 4.51. The largest absolute Gasteiger partial charge is 0.480 e. The molecule has 1 atom stereocenters. The van der Waals surface area contributed by atoms with Crippen LogP contribution in [0.2, 0.25) is 0 Å². The second-order valence-electron chi connectivity index (χ2n) is 4.73. The van der Waals surface area contributed by atoms with Gasteiger partial charge in [0.05, 0.1) is 0 Å². The van der Waals surface area contributed by atoms with Gasteiger partial charge in [-0.15, -0.1) is 0 Å². The van der Waals surface area contributed by atoms with Gasteiger partial charge >= 0.3 is 12.0 Å². The van der Waals surface area contributed by atoms with E-state index in [9.17, 15) is 14.4 Å². The molecule has 0 rings (SSSR count). The van der Waals surface area contributed by atoms with E-state index in [4.69, 9.17) is 10.8 Å². The van der Waals surface area contributed by atoms with Crippen molar-refractivity contribution in [3.8, 4) is 0 Å². The number of carbonyl (C=O) groups is 3. The third kappa shape index (κ3) is 6.72. The molecule has 7 heteroatoms. The summed E-state index contributed by atoms with van der Waals surface area (Å²) in [7, 11) is 0. The lowest BCUT2D eigenvalue weighted by atomic mass is 10.0. The molecule has 5 N–H and O–H groups in total. The number of carbonyl (C=O) groups excluding carboxylic acids is 2. The number of rotatable bonds is 7. The minimum atomic E-state index is -1.19. The molecule has 104 valence electrons. The maximum Gasteiger partial charge on any atom is 0.326 e. The Kier molecular flexibility index (Phi) is 6.15. The summed E-state index contributed by atoms with van der Waals surface area (Å²) in [5.74, 6) is -1.79. The molecule has 0 heterocycles. The number of amides is 3. The van der Waals surface area contributed by atoms with Crippen molar-refractivity contribution in [2.24, 2.45) is 5.73 Å². The highest BCUT2D eigenvalue weighted by atomic mass is 16.4. The topological polar surface area (TPSA) is 122 Å². The molecule has 0 aliphatic carbocycles. The van der Waals surface area contributed by atoms with Crippen molar-refractivity contribution < 1.29 is 19.5 Å². The molecule has 18 heavy (non-hydrogen) atoms. The lowest BCUT2D eigenvalue weighted by Crippen LogP contribution is -2.52. The molecule has 0 saturated heterocycles. The Balaban J connectivity index is 4.37. The SMILES string of the molecule is CCC(C)(C)NC(=O)NC(CCC(N)=O)C(=O)O. The first-order valence-corrected chi connectivity index (χ1v) is 5.77. The smallest absolute Gasteiger partial charge is 0.326 e. The van der Waals surface area contributed by atoms with Gasteiger partial charge in [-0.05, 0) is 26.7 Å². The van der Waals surface area contributed by atoms with Crippen LogP contribution >= 0.6 is 0 Å². The Bertz CT molecular complexity index is 328. The van der Waals surface area contributed by atoms with E-state index in [1.165, 1.54) is 0 Å². The third-order valence-electron chi connectivity index (χ3n) is 2.62. The van der Waals surface area contributed by atoms with E-state index in [1.54, 1.807) is 0 Å². The maximum atomic E-state index is 11.6. The van der Waals surface area contributed by atoms with Crippen molar-refractivity contribution in [2.45, 2.75) is 51.6 Å². The number of aliphatic carboxylic acids is 1. The van der Waals surface area contributed by atoms with Crippen LogP contribution in [0.1, 0.15) is 40.0 Å². The first kappa shape index (κ1) is 16.2. The molecule has 7 nitrogen and oxygen atoms in total. The summed E-state index contributed by atoms with van der Waals surface area (Å²) in [4.78, 5) is 33.1. The predicted octanol–water partition coefficient (Wildman–Crippen LogP) is 0.193. The molecule has 0 aromatic rings. The molecular formula is C11H21N3O4. The molecule has 0 fully saturated rings. The molecule has 0 bridgehead atoms. The number of hydrogen-bond donors (Lipinski definition) is 4. The van der Waals surface area contributed by atoms with Gasteiger partial charge < -0.3 is 21.5 Å². The normalized spacial score (nSPS) is 12.6. The zero-order chi connectivity index (χ0) is 14.3. The molecule has 0 radical (unpaired) electrons. The van der Waals surface area contributed by atoms with Gasteiger partial charge in [-0.25, -0.2) is 9.59 Å². The lowest BCUT2D eigenvalue weighted by molar-refractivity contribution is -0.139. The number of nitrogens with two attached hydrogens (primary N) is 1. The zero-order valence-corrected chi connectivity index (χ0v) is 10.9. The van der Waals surface area contributed by atoms with Gasteiger partial charge in [-0.1, -0.05) is 6.92 Å². The highest BCUT2D eigenvalue weighted by molar-refractivity contribution is 5.83. The Morgan fingerprint density at radius 1 is 1.33 bits per heavy atom.